The molecule has 1 unspecified atom stereocenters. The van der Waals surface area contributed by atoms with Crippen LogP contribution in [0.2, 0.25) is 0 Å². The van der Waals surface area contributed by atoms with Gasteiger partial charge in [-0.2, -0.15) is 0 Å². The van der Waals surface area contributed by atoms with Crippen molar-refractivity contribution >= 4 is 17.7 Å². The van der Waals surface area contributed by atoms with Crippen molar-refractivity contribution in [2.75, 3.05) is 7.11 Å². The third-order valence-corrected chi connectivity index (χ3v) is 4.17. The number of carbonyl (C=O) groups is 1. The molecule has 0 fully saturated rings. The van der Waals surface area contributed by atoms with E-state index in [0.717, 1.165) is 11.3 Å². The van der Waals surface area contributed by atoms with E-state index in [9.17, 15) is 9.90 Å². The number of Topliss-reactive ketones (excluding diaryl/α,β-unsaturated/α-hetero) is 1. The zero-order valence-corrected chi connectivity index (χ0v) is 13.5. The molecule has 0 heterocycles. The molecule has 1 aliphatic carbocycles. The SMILES string of the molecule is COc1ccc(N=CC2=C(O)CC(c3ccccc3)CC2=O)cc1. The van der Waals surface area contributed by atoms with Crippen molar-refractivity contribution < 1.29 is 14.6 Å². The van der Waals surface area contributed by atoms with Crippen LogP contribution < -0.4 is 4.74 Å². The molecule has 0 saturated heterocycles. The fourth-order valence-corrected chi connectivity index (χ4v) is 2.82. The van der Waals surface area contributed by atoms with Gasteiger partial charge < -0.3 is 9.84 Å². The van der Waals surface area contributed by atoms with E-state index in [1.54, 1.807) is 31.4 Å². The molecule has 0 aliphatic heterocycles. The number of nitrogens with zero attached hydrogens (tertiary/aromatic N) is 1. The number of aliphatic hydroxyl groups excluding tert-OH is 1. The molecule has 2 aromatic rings. The Morgan fingerprint density at radius 1 is 1.08 bits per heavy atom. The van der Waals surface area contributed by atoms with Crippen molar-refractivity contribution in [2.45, 2.75) is 18.8 Å². The van der Waals surface area contributed by atoms with Crippen LogP contribution in [0.3, 0.4) is 0 Å². The number of benzene rings is 2. The lowest BCUT2D eigenvalue weighted by Crippen LogP contribution is -2.19. The number of allylic oxidation sites excluding steroid dienone is 2. The predicted molar refractivity (Wildman–Crippen MR) is 94.2 cm³/mol. The first-order valence-corrected chi connectivity index (χ1v) is 7.85. The normalized spacial score (nSPS) is 18.2. The van der Waals surface area contributed by atoms with Gasteiger partial charge in [-0.25, -0.2) is 0 Å². The summed E-state index contributed by atoms with van der Waals surface area (Å²) in [6, 6.07) is 17.0. The van der Waals surface area contributed by atoms with E-state index in [2.05, 4.69) is 4.99 Å². The molecule has 0 radical (unpaired) electrons. The first kappa shape index (κ1) is 16.0. The average Bonchev–Trinajstić information content (AvgIpc) is 2.62. The molecule has 1 aliphatic rings. The maximum atomic E-state index is 12.4. The van der Waals surface area contributed by atoms with Gasteiger partial charge in [-0.1, -0.05) is 30.3 Å². The highest BCUT2D eigenvalue weighted by atomic mass is 16.5. The van der Waals surface area contributed by atoms with Crippen molar-refractivity contribution in [1.29, 1.82) is 0 Å². The largest absolute Gasteiger partial charge is 0.511 e. The average molecular weight is 321 g/mol. The summed E-state index contributed by atoms with van der Waals surface area (Å²) in [5, 5.41) is 10.3. The summed E-state index contributed by atoms with van der Waals surface area (Å²) in [4.78, 5) is 16.7. The summed E-state index contributed by atoms with van der Waals surface area (Å²) in [5.74, 6) is 0.800. The van der Waals surface area contributed by atoms with E-state index in [4.69, 9.17) is 4.74 Å². The molecule has 3 rings (SSSR count). The lowest BCUT2D eigenvalue weighted by Gasteiger charge is -2.22. The monoisotopic (exact) mass is 321 g/mol. The van der Waals surface area contributed by atoms with E-state index < -0.39 is 0 Å². The molecule has 1 atom stereocenters. The van der Waals surface area contributed by atoms with Crippen LogP contribution in [0.1, 0.15) is 24.3 Å². The molecule has 0 bridgehead atoms. The van der Waals surface area contributed by atoms with E-state index in [1.165, 1.54) is 6.21 Å². The summed E-state index contributed by atoms with van der Waals surface area (Å²) in [6.45, 7) is 0. The van der Waals surface area contributed by atoms with Gasteiger partial charge in [0, 0.05) is 19.1 Å². The molecule has 1 N–H and O–H groups in total. The lowest BCUT2D eigenvalue weighted by atomic mass is 9.83. The molecule has 0 aromatic heterocycles. The second-order valence-corrected chi connectivity index (χ2v) is 5.76. The zero-order valence-electron chi connectivity index (χ0n) is 13.5. The minimum Gasteiger partial charge on any atom is -0.511 e. The lowest BCUT2D eigenvalue weighted by molar-refractivity contribution is -0.116. The fourth-order valence-electron chi connectivity index (χ4n) is 2.82. The molecule has 122 valence electrons. The Labute approximate surface area is 141 Å². The van der Waals surface area contributed by atoms with Crippen LogP contribution in [-0.4, -0.2) is 24.2 Å². The number of ether oxygens (including phenoxy) is 1. The van der Waals surface area contributed by atoms with Crippen LogP contribution in [-0.2, 0) is 4.79 Å². The van der Waals surface area contributed by atoms with E-state index in [-0.39, 0.29) is 17.5 Å². The van der Waals surface area contributed by atoms with Gasteiger partial charge in [-0.15, -0.1) is 0 Å². The van der Waals surface area contributed by atoms with Gasteiger partial charge in [0.2, 0.25) is 0 Å². The third kappa shape index (κ3) is 3.54. The Morgan fingerprint density at radius 2 is 1.79 bits per heavy atom. The van der Waals surface area contributed by atoms with Crippen molar-refractivity contribution in [2.24, 2.45) is 4.99 Å². The Bertz CT molecular complexity index is 776. The molecule has 24 heavy (non-hydrogen) atoms. The van der Waals surface area contributed by atoms with Gasteiger partial charge in [0.25, 0.3) is 0 Å². The topological polar surface area (TPSA) is 58.9 Å². The number of methoxy groups -OCH3 is 1. The van der Waals surface area contributed by atoms with Crippen LogP contribution in [0, 0.1) is 0 Å². The summed E-state index contributed by atoms with van der Waals surface area (Å²) < 4.78 is 5.10. The molecular weight excluding hydrogens is 302 g/mol. The maximum absolute atomic E-state index is 12.4. The Balaban J connectivity index is 1.77. The van der Waals surface area contributed by atoms with Crippen LogP contribution in [0.15, 0.2) is 70.9 Å². The highest BCUT2D eigenvalue weighted by molar-refractivity contribution is 6.15. The minimum atomic E-state index is -0.0788. The van der Waals surface area contributed by atoms with Gasteiger partial charge in [0.05, 0.1) is 18.4 Å². The number of aliphatic hydroxyl groups is 1. The molecule has 0 saturated carbocycles. The molecule has 2 aromatic carbocycles. The summed E-state index contributed by atoms with van der Waals surface area (Å²) >= 11 is 0. The van der Waals surface area contributed by atoms with Gasteiger partial charge in [0.1, 0.15) is 11.5 Å². The smallest absolute Gasteiger partial charge is 0.168 e. The quantitative estimate of drug-likeness (QED) is 0.851. The molecule has 0 spiro atoms. The summed E-state index contributed by atoms with van der Waals surface area (Å²) in [5.41, 5.74) is 2.08. The molecule has 4 nitrogen and oxygen atoms in total. The van der Waals surface area contributed by atoms with Crippen molar-refractivity contribution in [1.82, 2.24) is 0 Å². The van der Waals surface area contributed by atoms with Crippen LogP contribution >= 0.6 is 0 Å². The highest BCUT2D eigenvalue weighted by Gasteiger charge is 2.27. The van der Waals surface area contributed by atoms with Crippen LogP contribution in [0.5, 0.6) is 5.75 Å². The minimum absolute atomic E-state index is 0.0248. The summed E-state index contributed by atoms with van der Waals surface area (Å²) in [7, 11) is 1.60. The number of carbonyl (C=O) groups excluding carboxylic acids is 1. The zero-order chi connectivity index (χ0) is 16.9. The number of ketones is 1. The van der Waals surface area contributed by atoms with Crippen LogP contribution in [0.25, 0.3) is 0 Å². The number of hydrogen-bond donors (Lipinski definition) is 1. The standard InChI is InChI=1S/C20H19NO3/c1-24-17-9-7-16(8-10-17)21-13-18-19(22)11-15(12-20(18)23)14-5-3-2-4-6-14/h2-10,13,15,22H,11-12H2,1H3. The van der Waals surface area contributed by atoms with E-state index >= 15 is 0 Å². The Morgan fingerprint density at radius 3 is 2.42 bits per heavy atom. The van der Waals surface area contributed by atoms with Crippen molar-refractivity contribution in [3.63, 3.8) is 0 Å². The number of rotatable bonds is 4. The second-order valence-electron chi connectivity index (χ2n) is 5.76. The van der Waals surface area contributed by atoms with E-state index in [1.807, 2.05) is 30.3 Å². The number of hydrogen-bond acceptors (Lipinski definition) is 4. The van der Waals surface area contributed by atoms with Crippen molar-refractivity contribution in [3.05, 3.63) is 71.5 Å². The fraction of sp³-hybridized carbons (Fsp3) is 0.200. The van der Waals surface area contributed by atoms with E-state index in [0.29, 0.717) is 24.1 Å². The Kier molecular flexibility index (Phi) is 4.75. The molecule has 0 amide bonds. The van der Waals surface area contributed by atoms with Gasteiger partial charge in [0.15, 0.2) is 5.78 Å². The molecular formula is C20H19NO3. The first-order valence-electron chi connectivity index (χ1n) is 7.85. The maximum Gasteiger partial charge on any atom is 0.168 e. The van der Waals surface area contributed by atoms with Gasteiger partial charge >= 0.3 is 0 Å². The third-order valence-electron chi connectivity index (χ3n) is 4.17. The second kappa shape index (κ2) is 7.13. The van der Waals surface area contributed by atoms with Crippen LogP contribution in [0.4, 0.5) is 5.69 Å². The first-order chi connectivity index (χ1) is 11.7. The predicted octanol–water partition coefficient (Wildman–Crippen LogP) is 4.36. The van der Waals surface area contributed by atoms with Gasteiger partial charge in [-0.05, 0) is 35.7 Å². The Hall–Kier alpha value is -2.88. The van der Waals surface area contributed by atoms with Crippen molar-refractivity contribution in [3.8, 4) is 5.75 Å². The summed E-state index contributed by atoms with van der Waals surface area (Å²) in [6.07, 6.45) is 2.30. The number of aliphatic imine (C=N–C) groups is 1. The molecule has 4 heteroatoms. The highest BCUT2D eigenvalue weighted by Crippen LogP contribution is 2.33. The van der Waals surface area contributed by atoms with Gasteiger partial charge in [-0.3, -0.25) is 9.79 Å².